The van der Waals surface area contributed by atoms with Crippen LogP contribution in [-0.2, 0) is 0 Å². The van der Waals surface area contributed by atoms with E-state index in [0.717, 1.165) is 0 Å². The van der Waals surface area contributed by atoms with Crippen LogP contribution in [0.3, 0.4) is 0 Å². The summed E-state index contributed by atoms with van der Waals surface area (Å²) in [6, 6.07) is 12.9. The van der Waals surface area contributed by atoms with Gasteiger partial charge in [-0.05, 0) is 24.3 Å². The van der Waals surface area contributed by atoms with Crippen molar-refractivity contribution in [3.05, 3.63) is 59.5 Å². The van der Waals surface area contributed by atoms with Crippen LogP contribution in [0.1, 0.15) is 5.56 Å². The van der Waals surface area contributed by atoms with Gasteiger partial charge < -0.3 is 0 Å². The van der Waals surface area contributed by atoms with Crippen LogP contribution in [0.15, 0.2) is 48.8 Å². The molecule has 0 atom stereocenters. The van der Waals surface area contributed by atoms with Gasteiger partial charge in [-0.1, -0.05) is 23.7 Å². The Morgan fingerprint density at radius 3 is 2.14 bits per heavy atom. The molecule has 0 aliphatic rings. The molecular weight excluding hydrogens is 286 g/mol. The molecule has 0 fully saturated rings. The number of hydrogen-bond donors (Lipinski definition) is 0. The Bertz CT molecular complexity index is 813. The number of halogens is 1. The smallest absolute Gasteiger partial charge is 0.170 e. The van der Waals surface area contributed by atoms with Crippen molar-refractivity contribution < 1.29 is 0 Å². The maximum atomic E-state index is 9.38. The lowest BCUT2D eigenvalue weighted by molar-refractivity contribution is 1.02. The van der Waals surface area contributed by atoms with Gasteiger partial charge in [-0.25, -0.2) is 0 Å². The van der Waals surface area contributed by atoms with E-state index in [1.807, 2.05) is 12.1 Å². The lowest BCUT2D eigenvalue weighted by Crippen LogP contribution is -2.00. The molecule has 5 nitrogen and oxygen atoms in total. The topological polar surface area (TPSA) is 75.3 Å². The number of pyridine rings is 2. The minimum atomic E-state index is 0.0536. The van der Waals surface area contributed by atoms with Gasteiger partial charge in [-0.3, -0.25) is 9.97 Å². The van der Waals surface area contributed by atoms with Gasteiger partial charge in [0.15, 0.2) is 5.15 Å². The summed E-state index contributed by atoms with van der Waals surface area (Å²) >= 11 is 5.99. The maximum absolute atomic E-state index is 9.38. The standard InChI is InChI=1S/C15H8ClN5/c16-15-10(9-17)13(11-5-1-3-7-18-11)14(20-21-15)12-6-2-4-8-19-12/h1-8H. The fraction of sp³-hybridized carbons (Fsp3) is 0. The number of aromatic nitrogens is 4. The molecule has 100 valence electrons. The first-order valence-corrected chi connectivity index (χ1v) is 6.48. The highest BCUT2D eigenvalue weighted by Gasteiger charge is 2.19. The molecule has 21 heavy (non-hydrogen) atoms. The van der Waals surface area contributed by atoms with E-state index in [4.69, 9.17) is 11.6 Å². The lowest BCUT2D eigenvalue weighted by atomic mass is 10.0. The molecule has 3 rings (SSSR count). The second-order valence-corrected chi connectivity index (χ2v) is 4.49. The van der Waals surface area contributed by atoms with E-state index in [1.54, 1.807) is 36.7 Å². The Morgan fingerprint density at radius 2 is 1.57 bits per heavy atom. The molecule has 0 spiro atoms. The maximum Gasteiger partial charge on any atom is 0.170 e. The van der Waals surface area contributed by atoms with Gasteiger partial charge in [0.05, 0.1) is 17.0 Å². The highest BCUT2D eigenvalue weighted by molar-refractivity contribution is 6.31. The predicted molar refractivity (Wildman–Crippen MR) is 78.2 cm³/mol. The van der Waals surface area contributed by atoms with Crippen molar-refractivity contribution in [1.29, 1.82) is 5.26 Å². The van der Waals surface area contributed by atoms with Gasteiger partial charge >= 0.3 is 0 Å². The highest BCUT2D eigenvalue weighted by atomic mass is 35.5. The van der Waals surface area contributed by atoms with Crippen molar-refractivity contribution in [2.75, 3.05) is 0 Å². The number of hydrogen-bond acceptors (Lipinski definition) is 5. The summed E-state index contributed by atoms with van der Waals surface area (Å²) in [7, 11) is 0. The summed E-state index contributed by atoms with van der Waals surface area (Å²) in [4.78, 5) is 8.54. The first-order chi connectivity index (χ1) is 10.3. The summed E-state index contributed by atoms with van der Waals surface area (Å²) in [5.74, 6) is 0. The van der Waals surface area contributed by atoms with E-state index in [2.05, 4.69) is 26.2 Å². The molecule has 0 aliphatic heterocycles. The summed E-state index contributed by atoms with van der Waals surface area (Å²) < 4.78 is 0. The monoisotopic (exact) mass is 293 g/mol. The predicted octanol–water partition coefficient (Wildman–Crippen LogP) is 3.13. The average molecular weight is 294 g/mol. The van der Waals surface area contributed by atoms with Crippen LogP contribution in [0.25, 0.3) is 22.6 Å². The number of nitrogens with zero attached hydrogens (tertiary/aromatic N) is 5. The van der Waals surface area contributed by atoms with Gasteiger partial charge in [0.25, 0.3) is 0 Å². The van der Waals surface area contributed by atoms with Crippen molar-refractivity contribution in [3.63, 3.8) is 0 Å². The molecule has 0 saturated carbocycles. The fourth-order valence-corrected chi connectivity index (χ4v) is 2.13. The Hall–Kier alpha value is -2.84. The molecule has 3 aromatic heterocycles. The van der Waals surface area contributed by atoms with E-state index in [9.17, 15) is 5.26 Å². The van der Waals surface area contributed by atoms with Gasteiger partial charge in [0.2, 0.25) is 0 Å². The zero-order valence-electron chi connectivity index (χ0n) is 10.7. The molecular formula is C15H8ClN5. The molecule has 0 unspecified atom stereocenters. The van der Waals surface area contributed by atoms with E-state index in [0.29, 0.717) is 22.6 Å². The van der Waals surface area contributed by atoms with Crippen LogP contribution in [0.2, 0.25) is 5.15 Å². The summed E-state index contributed by atoms with van der Waals surface area (Å²) in [5.41, 5.74) is 2.48. The summed E-state index contributed by atoms with van der Waals surface area (Å²) in [6.07, 6.45) is 3.30. The van der Waals surface area contributed by atoms with Crippen LogP contribution < -0.4 is 0 Å². The number of rotatable bonds is 2. The van der Waals surface area contributed by atoms with E-state index >= 15 is 0 Å². The zero-order chi connectivity index (χ0) is 14.7. The Morgan fingerprint density at radius 1 is 0.905 bits per heavy atom. The first kappa shape index (κ1) is 13.2. The molecule has 3 heterocycles. The van der Waals surface area contributed by atoms with Crippen LogP contribution in [0.5, 0.6) is 0 Å². The van der Waals surface area contributed by atoms with Crippen LogP contribution >= 0.6 is 11.6 Å². The van der Waals surface area contributed by atoms with Gasteiger partial charge in [-0.15, -0.1) is 10.2 Å². The largest absolute Gasteiger partial charge is 0.256 e. The molecule has 6 heteroatoms. The van der Waals surface area contributed by atoms with Crippen molar-refractivity contribution >= 4 is 11.6 Å². The third kappa shape index (κ3) is 2.45. The molecule has 0 radical (unpaired) electrons. The van der Waals surface area contributed by atoms with E-state index < -0.39 is 0 Å². The van der Waals surface area contributed by atoms with Crippen molar-refractivity contribution in [2.24, 2.45) is 0 Å². The third-order valence-corrected chi connectivity index (χ3v) is 3.14. The minimum Gasteiger partial charge on any atom is -0.256 e. The Balaban J connectivity index is 2.35. The van der Waals surface area contributed by atoms with Crippen LogP contribution in [-0.4, -0.2) is 20.2 Å². The second kappa shape index (κ2) is 5.65. The van der Waals surface area contributed by atoms with Gasteiger partial charge in [0, 0.05) is 12.4 Å². The molecule has 0 amide bonds. The molecule has 0 aromatic carbocycles. The fourth-order valence-electron chi connectivity index (χ4n) is 1.96. The molecule has 0 saturated heterocycles. The highest BCUT2D eigenvalue weighted by Crippen LogP contribution is 2.33. The quantitative estimate of drug-likeness (QED) is 0.725. The summed E-state index contributed by atoms with van der Waals surface area (Å²) in [6.45, 7) is 0. The van der Waals surface area contributed by atoms with Gasteiger partial charge in [0.1, 0.15) is 17.3 Å². The Kier molecular flexibility index (Phi) is 3.54. The van der Waals surface area contributed by atoms with Crippen LogP contribution in [0, 0.1) is 11.3 Å². The summed E-state index contributed by atoms with van der Waals surface area (Å²) in [5, 5.41) is 17.4. The van der Waals surface area contributed by atoms with Crippen molar-refractivity contribution in [2.45, 2.75) is 0 Å². The molecule has 3 aromatic rings. The molecule has 0 N–H and O–H groups in total. The van der Waals surface area contributed by atoms with Crippen LogP contribution in [0.4, 0.5) is 0 Å². The average Bonchev–Trinajstić information content (AvgIpc) is 2.56. The zero-order valence-corrected chi connectivity index (χ0v) is 11.5. The molecule has 0 bridgehead atoms. The SMILES string of the molecule is N#Cc1c(Cl)nnc(-c2ccccn2)c1-c1ccccn1. The Labute approximate surface area is 125 Å². The first-order valence-electron chi connectivity index (χ1n) is 6.10. The lowest BCUT2D eigenvalue weighted by Gasteiger charge is -2.09. The van der Waals surface area contributed by atoms with Gasteiger partial charge in [-0.2, -0.15) is 5.26 Å². The van der Waals surface area contributed by atoms with E-state index in [-0.39, 0.29) is 10.7 Å². The third-order valence-electron chi connectivity index (χ3n) is 2.87. The van der Waals surface area contributed by atoms with E-state index in [1.165, 1.54) is 0 Å². The molecule has 0 aliphatic carbocycles. The van der Waals surface area contributed by atoms with Crippen molar-refractivity contribution in [1.82, 2.24) is 20.2 Å². The van der Waals surface area contributed by atoms with Crippen molar-refractivity contribution in [3.8, 4) is 28.7 Å². The second-order valence-electron chi connectivity index (χ2n) is 4.13. The minimum absolute atomic E-state index is 0.0536. The number of nitriles is 1. The normalized spacial score (nSPS) is 10.1.